The maximum absolute atomic E-state index is 5.92. The van der Waals surface area contributed by atoms with E-state index in [-0.39, 0.29) is 12.1 Å². The Bertz CT molecular complexity index is 392. The van der Waals surface area contributed by atoms with Gasteiger partial charge in [-0.2, -0.15) is 0 Å². The van der Waals surface area contributed by atoms with Crippen molar-refractivity contribution >= 4 is 0 Å². The molecule has 17 heavy (non-hydrogen) atoms. The Morgan fingerprint density at radius 3 is 2.82 bits per heavy atom. The van der Waals surface area contributed by atoms with Gasteiger partial charge in [-0.15, -0.1) is 0 Å². The maximum Gasteiger partial charge on any atom is 0.161 e. The highest BCUT2D eigenvalue weighted by Gasteiger charge is 2.28. The normalized spacial score (nSPS) is 27.6. The second kappa shape index (κ2) is 4.55. The molecular formula is C13H17NO3. The average molecular weight is 235 g/mol. The van der Waals surface area contributed by atoms with Crippen molar-refractivity contribution in [3.63, 3.8) is 0 Å². The van der Waals surface area contributed by atoms with Crippen LogP contribution in [0.2, 0.25) is 0 Å². The van der Waals surface area contributed by atoms with Crippen LogP contribution in [0.1, 0.15) is 6.92 Å². The Hall–Kier alpha value is -1.26. The summed E-state index contributed by atoms with van der Waals surface area (Å²) < 4.78 is 16.8. The summed E-state index contributed by atoms with van der Waals surface area (Å²) >= 11 is 0. The van der Waals surface area contributed by atoms with Gasteiger partial charge in [0.15, 0.2) is 11.5 Å². The molecule has 92 valence electrons. The standard InChI is InChI=1S/C13H17NO3/c1-9(14-6-10-7-15-10)13-8-16-11-4-2-3-5-12(11)17-13/h2-5,9-10,13-14H,6-8H2,1H3/t9-,10+,13-/m0/s1. The molecule has 0 amide bonds. The highest BCUT2D eigenvalue weighted by molar-refractivity contribution is 5.40. The van der Waals surface area contributed by atoms with E-state index in [9.17, 15) is 0 Å². The van der Waals surface area contributed by atoms with Crippen molar-refractivity contribution in [2.24, 2.45) is 0 Å². The lowest BCUT2D eigenvalue weighted by Crippen LogP contribution is -2.47. The van der Waals surface area contributed by atoms with Crippen LogP contribution in [0.5, 0.6) is 11.5 Å². The van der Waals surface area contributed by atoms with E-state index in [1.165, 1.54) is 0 Å². The highest BCUT2D eigenvalue weighted by atomic mass is 16.6. The Morgan fingerprint density at radius 1 is 1.29 bits per heavy atom. The van der Waals surface area contributed by atoms with Crippen LogP contribution in [0.15, 0.2) is 24.3 Å². The van der Waals surface area contributed by atoms with Gasteiger partial charge >= 0.3 is 0 Å². The van der Waals surface area contributed by atoms with Gasteiger partial charge in [0, 0.05) is 12.6 Å². The lowest BCUT2D eigenvalue weighted by atomic mass is 10.1. The van der Waals surface area contributed by atoms with E-state index >= 15 is 0 Å². The van der Waals surface area contributed by atoms with Gasteiger partial charge in [0.2, 0.25) is 0 Å². The van der Waals surface area contributed by atoms with Gasteiger partial charge in [0.25, 0.3) is 0 Å². The SMILES string of the molecule is C[C@H](NC[C@@H]1CO1)[C@@H]1COc2ccccc2O1. The Morgan fingerprint density at radius 2 is 2.06 bits per heavy atom. The van der Waals surface area contributed by atoms with Crippen molar-refractivity contribution in [2.45, 2.75) is 25.2 Å². The van der Waals surface area contributed by atoms with Gasteiger partial charge in [-0.25, -0.2) is 0 Å². The third-order valence-corrected chi connectivity index (χ3v) is 3.16. The summed E-state index contributed by atoms with van der Waals surface area (Å²) in [4.78, 5) is 0. The molecule has 3 atom stereocenters. The van der Waals surface area contributed by atoms with Crippen LogP contribution in [0.4, 0.5) is 0 Å². The van der Waals surface area contributed by atoms with E-state index in [1.54, 1.807) is 0 Å². The minimum absolute atomic E-state index is 0.0589. The van der Waals surface area contributed by atoms with Crippen molar-refractivity contribution in [1.82, 2.24) is 5.32 Å². The Kier molecular flexibility index (Phi) is 2.91. The maximum atomic E-state index is 5.92. The highest BCUT2D eigenvalue weighted by Crippen LogP contribution is 2.31. The van der Waals surface area contributed by atoms with Crippen molar-refractivity contribution in [3.8, 4) is 11.5 Å². The molecule has 1 saturated heterocycles. The van der Waals surface area contributed by atoms with Crippen LogP contribution in [-0.4, -0.2) is 38.0 Å². The monoisotopic (exact) mass is 235 g/mol. The second-order valence-electron chi connectivity index (χ2n) is 4.57. The largest absolute Gasteiger partial charge is 0.486 e. The fourth-order valence-electron chi connectivity index (χ4n) is 1.92. The topological polar surface area (TPSA) is 43.0 Å². The number of benzene rings is 1. The molecule has 0 radical (unpaired) electrons. The molecule has 1 aromatic carbocycles. The number of hydrogen-bond acceptors (Lipinski definition) is 4. The molecule has 1 aromatic rings. The fraction of sp³-hybridized carbons (Fsp3) is 0.538. The summed E-state index contributed by atoms with van der Waals surface area (Å²) in [5.41, 5.74) is 0. The van der Waals surface area contributed by atoms with Crippen LogP contribution < -0.4 is 14.8 Å². The molecule has 2 heterocycles. The number of epoxide rings is 1. The predicted octanol–water partition coefficient (Wildman–Crippen LogP) is 1.20. The number of fused-ring (bicyclic) bond motifs is 1. The molecular weight excluding hydrogens is 218 g/mol. The van der Waals surface area contributed by atoms with E-state index in [1.807, 2.05) is 24.3 Å². The molecule has 0 saturated carbocycles. The summed E-state index contributed by atoms with van der Waals surface area (Å²) in [6, 6.07) is 8.04. The molecule has 0 aliphatic carbocycles. The van der Waals surface area contributed by atoms with Crippen LogP contribution >= 0.6 is 0 Å². The first-order valence-corrected chi connectivity index (χ1v) is 6.06. The first-order valence-electron chi connectivity index (χ1n) is 6.06. The Balaban J connectivity index is 1.58. The summed E-state index contributed by atoms with van der Waals surface area (Å²) in [5, 5.41) is 3.42. The van der Waals surface area contributed by atoms with Gasteiger partial charge < -0.3 is 19.5 Å². The van der Waals surface area contributed by atoms with Crippen molar-refractivity contribution in [1.29, 1.82) is 0 Å². The van der Waals surface area contributed by atoms with Gasteiger partial charge in [0.05, 0.1) is 12.7 Å². The van der Waals surface area contributed by atoms with Gasteiger partial charge in [-0.1, -0.05) is 12.1 Å². The number of nitrogens with one attached hydrogen (secondary N) is 1. The zero-order valence-electron chi connectivity index (χ0n) is 9.89. The van der Waals surface area contributed by atoms with Crippen LogP contribution in [0.25, 0.3) is 0 Å². The zero-order valence-corrected chi connectivity index (χ0v) is 9.89. The van der Waals surface area contributed by atoms with Crippen molar-refractivity contribution in [3.05, 3.63) is 24.3 Å². The molecule has 1 fully saturated rings. The zero-order chi connectivity index (χ0) is 11.7. The van der Waals surface area contributed by atoms with E-state index in [4.69, 9.17) is 14.2 Å². The predicted molar refractivity (Wildman–Crippen MR) is 63.6 cm³/mol. The molecule has 2 aliphatic rings. The summed E-state index contributed by atoms with van der Waals surface area (Å²) in [6.45, 7) is 4.48. The molecule has 3 rings (SSSR count). The molecule has 1 N–H and O–H groups in total. The molecule has 2 aliphatic heterocycles. The number of para-hydroxylation sites is 2. The third-order valence-electron chi connectivity index (χ3n) is 3.16. The average Bonchev–Trinajstić information content (AvgIpc) is 3.19. The fourth-order valence-corrected chi connectivity index (χ4v) is 1.92. The summed E-state index contributed by atoms with van der Waals surface area (Å²) in [7, 11) is 0. The molecule has 0 spiro atoms. The first-order chi connectivity index (χ1) is 8.33. The number of ether oxygens (including phenoxy) is 3. The van der Waals surface area contributed by atoms with Gasteiger partial charge in [-0.05, 0) is 19.1 Å². The lowest BCUT2D eigenvalue weighted by Gasteiger charge is -2.30. The quantitative estimate of drug-likeness (QED) is 0.796. The smallest absolute Gasteiger partial charge is 0.161 e. The molecule has 4 heteroatoms. The van der Waals surface area contributed by atoms with Crippen LogP contribution in [0.3, 0.4) is 0 Å². The minimum Gasteiger partial charge on any atom is -0.486 e. The van der Waals surface area contributed by atoms with E-state index in [0.29, 0.717) is 12.7 Å². The summed E-state index contributed by atoms with van der Waals surface area (Å²) in [5.74, 6) is 1.67. The van der Waals surface area contributed by atoms with Gasteiger partial charge in [-0.3, -0.25) is 0 Å². The molecule has 4 nitrogen and oxygen atoms in total. The Labute approximate surface area is 101 Å². The lowest BCUT2D eigenvalue weighted by molar-refractivity contribution is 0.0663. The number of rotatable bonds is 4. The van der Waals surface area contributed by atoms with Gasteiger partial charge in [0.1, 0.15) is 12.7 Å². The number of hydrogen-bond donors (Lipinski definition) is 1. The van der Waals surface area contributed by atoms with E-state index in [2.05, 4.69) is 12.2 Å². The van der Waals surface area contributed by atoms with Crippen molar-refractivity contribution < 1.29 is 14.2 Å². The molecule has 0 bridgehead atoms. The van der Waals surface area contributed by atoms with E-state index in [0.717, 1.165) is 24.7 Å². The summed E-state index contributed by atoms with van der Waals surface area (Å²) in [6.07, 6.45) is 0.456. The van der Waals surface area contributed by atoms with Crippen LogP contribution in [-0.2, 0) is 4.74 Å². The van der Waals surface area contributed by atoms with Crippen molar-refractivity contribution in [2.75, 3.05) is 19.8 Å². The first kappa shape index (κ1) is 10.9. The molecule has 0 aromatic heterocycles. The minimum atomic E-state index is 0.0589. The third kappa shape index (κ3) is 2.53. The second-order valence-corrected chi connectivity index (χ2v) is 4.57. The molecule has 0 unspecified atom stereocenters. The van der Waals surface area contributed by atoms with Crippen LogP contribution in [0, 0.1) is 0 Å². The van der Waals surface area contributed by atoms with E-state index < -0.39 is 0 Å².